The molecule has 0 radical (unpaired) electrons. The van der Waals surface area contributed by atoms with E-state index in [1.165, 1.54) is 17.8 Å². The number of aryl methyl sites for hydroxylation is 1. The van der Waals surface area contributed by atoms with Gasteiger partial charge in [-0.1, -0.05) is 42.1 Å². The number of thioether (sulfide) groups is 1. The highest BCUT2D eigenvalue weighted by Crippen LogP contribution is 2.23. The number of benzene rings is 2. The van der Waals surface area contributed by atoms with Gasteiger partial charge in [0.25, 0.3) is 0 Å². The molecule has 0 saturated carbocycles. The number of carbonyl (C=O) groups is 2. The Kier molecular flexibility index (Phi) is 7.45. The number of esters is 1. The minimum Gasteiger partial charge on any atom is -0.463 e. The van der Waals surface area contributed by atoms with Crippen molar-refractivity contribution in [1.29, 1.82) is 0 Å². The smallest absolute Gasteiger partial charge is 0.330 e. The van der Waals surface area contributed by atoms with E-state index in [1.54, 1.807) is 31.3 Å². The third-order valence-corrected chi connectivity index (χ3v) is 5.17. The van der Waals surface area contributed by atoms with E-state index in [-0.39, 0.29) is 17.6 Å². The highest BCUT2D eigenvalue weighted by molar-refractivity contribution is 7.99. The first-order valence-electron chi connectivity index (χ1n) is 9.53. The van der Waals surface area contributed by atoms with Crippen LogP contribution in [0.15, 0.2) is 72.2 Å². The van der Waals surface area contributed by atoms with Crippen LogP contribution in [0.25, 0.3) is 11.8 Å². The molecule has 0 aliphatic rings. The Hall–Kier alpha value is -3.32. The molecule has 1 N–H and O–H groups in total. The number of carbonyl (C=O) groups excluding carboxylic acids is 2. The van der Waals surface area contributed by atoms with Gasteiger partial charge < -0.3 is 10.1 Å². The molecule has 0 aliphatic heterocycles. The lowest BCUT2D eigenvalue weighted by Gasteiger charge is -2.10. The Balaban J connectivity index is 1.55. The molecule has 6 nitrogen and oxygen atoms in total. The van der Waals surface area contributed by atoms with Crippen molar-refractivity contribution in [3.05, 3.63) is 78.1 Å². The summed E-state index contributed by atoms with van der Waals surface area (Å²) in [4.78, 5) is 28.1. The summed E-state index contributed by atoms with van der Waals surface area (Å²) >= 11 is 1.38. The monoisotopic (exact) mass is 421 g/mol. The second-order valence-electron chi connectivity index (χ2n) is 6.41. The number of aromatic nitrogens is 2. The first kappa shape index (κ1) is 21.4. The summed E-state index contributed by atoms with van der Waals surface area (Å²) in [6.45, 7) is 4.15. The minimum atomic E-state index is -0.379. The van der Waals surface area contributed by atoms with E-state index in [9.17, 15) is 9.59 Å². The maximum absolute atomic E-state index is 12.4. The summed E-state index contributed by atoms with van der Waals surface area (Å²) in [5.74, 6) is -0.252. The summed E-state index contributed by atoms with van der Waals surface area (Å²) in [5.41, 5.74) is 3.72. The quantitative estimate of drug-likeness (QED) is 0.330. The SMILES string of the molecule is CCOC(=O)/C=C/c1ccc(NC(=O)CSc2nccn2-c2ccccc2C)cc1. The average Bonchev–Trinajstić information content (AvgIpc) is 3.21. The molecule has 3 rings (SSSR count). The van der Waals surface area contributed by atoms with Crippen LogP contribution in [-0.2, 0) is 14.3 Å². The van der Waals surface area contributed by atoms with Gasteiger partial charge in [-0.25, -0.2) is 9.78 Å². The lowest BCUT2D eigenvalue weighted by Crippen LogP contribution is -2.14. The van der Waals surface area contributed by atoms with Crippen LogP contribution in [0.3, 0.4) is 0 Å². The van der Waals surface area contributed by atoms with Crippen LogP contribution in [-0.4, -0.2) is 33.8 Å². The predicted molar refractivity (Wildman–Crippen MR) is 120 cm³/mol. The number of anilines is 1. The number of para-hydroxylation sites is 1. The maximum Gasteiger partial charge on any atom is 0.330 e. The molecule has 7 heteroatoms. The van der Waals surface area contributed by atoms with Crippen molar-refractivity contribution in [1.82, 2.24) is 9.55 Å². The van der Waals surface area contributed by atoms with Crippen LogP contribution in [0.1, 0.15) is 18.1 Å². The fourth-order valence-corrected chi connectivity index (χ4v) is 3.54. The average molecular weight is 422 g/mol. The molecule has 2 aromatic carbocycles. The van der Waals surface area contributed by atoms with Crippen LogP contribution in [0.2, 0.25) is 0 Å². The summed E-state index contributed by atoms with van der Waals surface area (Å²) in [7, 11) is 0. The second-order valence-corrected chi connectivity index (χ2v) is 7.35. The predicted octanol–water partition coefficient (Wildman–Crippen LogP) is 4.49. The van der Waals surface area contributed by atoms with Gasteiger partial charge in [-0.3, -0.25) is 9.36 Å². The first-order chi connectivity index (χ1) is 14.6. The fraction of sp³-hybridized carbons (Fsp3) is 0.174. The van der Waals surface area contributed by atoms with Crippen molar-refractivity contribution in [3.8, 4) is 5.69 Å². The normalized spacial score (nSPS) is 10.9. The fourth-order valence-electron chi connectivity index (χ4n) is 2.77. The summed E-state index contributed by atoms with van der Waals surface area (Å²) in [6.07, 6.45) is 6.68. The van der Waals surface area contributed by atoms with E-state index in [2.05, 4.69) is 10.3 Å². The van der Waals surface area contributed by atoms with Crippen molar-refractivity contribution in [2.75, 3.05) is 17.7 Å². The van der Waals surface area contributed by atoms with Crippen LogP contribution < -0.4 is 5.32 Å². The maximum atomic E-state index is 12.4. The molecule has 0 aliphatic carbocycles. The molecular weight excluding hydrogens is 398 g/mol. The highest BCUT2D eigenvalue weighted by atomic mass is 32.2. The molecule has 0 atom stereocenters. The van der Waals surface area contributed by atoms with Crippen molar-refractivity contribution >= 4 is 35.4 Å². The van der Waals surface area contributed by atoms with E-state index in [0.717, 1.165) is 22.0 Å². The van der Waals surface area contributed by atoms with Gasteiger partial charge in [0, 0.05) is 24.2 Å². The number of ether oxygens (including phenoxy) is 1. The second kappa shape index (κ2) is 10.5. The Morgan fingerprint density at radius 3 is 2.67 bits per heavy atom. The summed E-state index contributed by atoms with van der Waals surface area (Å²) < 4.78 is 6.83. The van der Waals surface area contributed by atoms with Crippen molar-refractivity contribution in [2.45, 2.75) is 19.0 Å². The van der Waals surface area contributed by atoms with Crippen molar-refractivity contribution < 1.29 is 14.3 Å². The molecule has 1 amide bonds. The van der Waals surface area contributed by atoms with Gasteiger partial charge in [0.1, 0.15) is 0 Å². The van der Waals surface area contributed by atoms with Gasteiger partial charge in [-0.15, -0.1) is 0 Å². The molecule has 0 fully saturated rings. The van der Waals surface area contributed by atoms with E-state index in [1.807, 2.05) is 54.1 Å². The summed E-state index contributed by atoms with van der Waals surface area (Å²) in [5, 5.41) is 3.64. The molecular formula is C23H23N3O3S. The van der Waals surface area contributed by atoms with Crippen molar-refractivity contribution in [2.24, 2.45) is 0 Å². The number of imidazole rings is 1. The van der Waals surface area contributed by atoms with Crippen LogP contribution in [0, 0.1) is 6.92 Å². The number of nitrogens with one attached hydrogen (secondary N) is 1. The molecule has 1 heterocycles. The lowest BCUT2D eigenvalue weighted by atomic mass is 10.2. The van der Waals surface area contributed by atoms with E-state index >= 15 is 0 Å². The van der Waals surface area contributed by atoms with Crippen LogP contribution >= 0.6 is 11.8 Å². The zero-order chi connectivity index (χ0) is 21.3. The summed E-state index contributed by atoms with van der Waals surface area (Å²) in [6, 6.07) is 15.3. The van der Waals surface area contributed by atoms with Gasteiger partial charge >= 0.3 is 5.97 Å². The Bertz CT molecular complexity index is 1040. The number of nitrogens with zero attached hydrogens (tertiary/aromatic N) is 2. The molecule has 1 aromatic heterocycles. The number of hydrogen-bond donors (Lipinski definition) is 1. The molecule has 0 saturated heterocycles. The number of rotatable bonds is 8. The number of hydrogen-bond acceptors (Lipinski definition) is 5. The van der Waals surface area contributed by atoms with Gasteiger partial charge in [0.2, 0.25) is 5.91 Å². The van der Waals surface area contributed by atoms with Gasteiger partial charge in [-0.2, -0.15) is 0 Å². The molecule has 3 aromatic rings. The zero-order valence-corrected chi connectivity index (χ0v) is 17.7. The molecule has 0 unspecified atom stereocenters. The van der Waals surface area contributed by atoms with Gasteiger partial charge in [-0.05, 0) is 49.2 Å². The largest absolute Gasteiger partial charge is 0.463 e. The Morgan fingerprint density at radius 2 is 1.93 bits per heavy atom. The van der Waals surface area contributed by atoms with E-state index in [4.69, 9.17) is 4.74 Å². The standard InChI is InChI=1S/C23H23N3O3S/c1-3-29-22(28)13-10-18-8-11-19(12-9-18)25-21(27)16-30-23-24-14-15-26(23)20-7-5-4-6-17(20)2/h4-15H,3,16H2,1-2H3,(H,25,27)/b13-10+. The first-order valence-corrected chi connectivity index (χ1v) is 10.5. The Labute approximate surface area is 180 Å². The van der Waals surface area contributed by atoms with Crippen molar-refractivity contribution in [3.63, 3.8) is 0 Å². The lowest BCUT2D eigenvalue weighted by molar-refractivity contribution is -0.137. The third kappa shape index (κ3) is 5.84. The molecule has 154 valence electrons. The minimum absolute atomic E-state index is 0.117. The molecule has 0 spiro atoms. The van der Waals surface area contributed by atoms with E-state index in [0.29, 0.717) is 12.3 Å². The topological polar surface area (TPSA) is 73.2 Å². The Morgan fingerprint density at radius 1 is 1.17 bits per heavy atom. The van der Waals surface area contributed by atoms with Gasteiger partial charge in [0.05, 0.1) is 18.0 Å². The molecule has 0 bridgehead atoms. The van der Waals surface area contributed by atoms with Crippen LogP contribution in [0.5, 0.6) is 0 Å². The third-order valence-electron chi connectivity index (χ3n) is 4.21. The highest BCUT2D eigenvalue weighted by Gasteiger charge is 2.10. The zero-order valence-electron chi connectivity index (χ0n) is 16.9. The van der Waals surface area contributed by atoms with Gasteiger partial charge in [0.15, 0.2) is 5.16 Å². The van der Waals surface area contributed by atoms with Crippen LogP contribution in [0.4, 0.5) is 5.69 Å². The number of amides is 1. The van der Waals surface area contributed by atoms with E-state index < -0.39 is 0 Å². The molecule has 30 heavy (non-hydrogen) atoms.